The first kappa shape index (κ1) is 13.7. The van der Waals surface area contributed by atoms with Gasteiger partial charge in [-0.05, 0) is 36.2 Å². The number of aryl methyl sites for hydroxylation is 2. The molecule has 0 radical (unpaired) electrons. The first-order chi connectivity index (χ1) is 7.51. The smallest absolute Gasteiger partial charge is 0.0854 e. The second kappa shape index (κ2) is 5.80. The van der Waals surface area contributed by atoms with E-state index in [1.165, 1.54) is 0 Å². The molecule has 4 nitrogen and oxygen atoms in total. The minimum Gasteiger partial charge on any atom is -0.390 e. The van der Waals surface area contributed by atoms with Gasteiger partial charge >= 0.3 is 0 Å². The predicted octanol–water partition coefficient (Wildman–Crippen LogP) is 1.65. The Kier molecular flexibility index (Phi) is 4.95. The lowest BCUT2D eigenvalue weighted by Crippen LogP contribution is -2.28. The number of hydrogen-bond donors (Lipinski definition) is 2. The van der Waals surface area contributed by atoms with Crippen LogP contribution in [-0.2, 0) is 13.0 Å². The lowest BCUT2D eigenvalue weighted by Gasteiger charge is -2.16. The van der Waals surface area contributed by atoms with Gasteiger partial charge in [-0.15, -0.1) is 0 Å². The molecule has 0 fully saturated rings. The SMILES string of the molecule is CCC(O)C(O)Cc1c(Br)c(C)nn1CC. The molecule has 0 aromatic carbocycles. The largest absolute Gasteiger partial charge is 0.390 e. The van der Waals surface area contributed by atoms with E-state index in [1.807, 2.05) is 25.5 Å². The Morgan fingerprint density at radius 1 is 1.31 bits per heavy atom. The maximum absolute atomic E-state index is 9.81. The highest BCUT2D eigenvalue weighted by Gasteiger charge is 2.20. The third-order valence-corrected chi connectivity index (χ3v) is 3.75. The van der Waals surface area contributed by atoms with Crippen LogP contribution in [0, 0.1) is 6.92 Å². The van der Waals surface area contributed by atoms with E-state index in [2.05, 4.69) is 21.0 Å². The Labute approximate surface area is 104 Å². The van der Waals surface area contributed by atoms with E-state index >= 15 is 0 Å². The van der Waals surface area contributed by atoms with Gasteiger partial charge in [0.2, 0.25) is 0 Å². The summed E-state index contributed by atoms with van der Waals surface area (Å²) >= 11 is 3.47. The van der Waals surface area contributed by atoms with E-state index in [9.17, 15) is 10.2 Å². The number of aliphatic hydroxyl groups is 2. The molecule has 2 N–H and O–H groups in total. The summed E-state index contributed by atoms with van der Waals surface area (Å²) in [7, 11) is 0. The Balaban J connectivity index is 2.87. The van der Waals surface area contributed by atoms with Crippen LogP contribution in [0.25, 0.3) is 0 Å². The second-order valence-corrected chi connectivity index (χ2v) is 4.70. The van der Waals surface area contributed by atoms with Crippen LogP contribution in [0.3, 0.4) is 0 Å². The molecule has 0 aliphatic rings. The highest BCUT2D eigenvalue weighted by atomic mass is 79.9. The maximum atomic E-state index is 9.81. The number of halogens is 1. The van der Waals surface area contributed by atoms with Crippen molar-refractivity contribution in [1.29, 1.82) is 0 Å². The fourth-order valence-corrected chi connectivity index (χ4v) is 2.12. The molecule has 1 heterocycles. The van der Waals surface area contributed by atoms with Gasteiger partial charge in [0.1, 0.15) is 0 Å². The lowest BCUT2D eigenvalue weighted by atomic mass is 10.1. The molecule has 1 aromatic rings. The minimum atomic E-state index is -0.734. The van der Waals surface area contributed by atoms with E-state index < -0.39 is 12.2 Å². The lowest BCUT2D eigenvalue weighted by molar-refractivity contribution is 0.0169. The third-order valence-electron chi connectivity index (χ3n) is 2.72. The maximum Gasteiger partial charge on any atom is 0.0854 e. The van der Waals surface area contributed by atoms with Crippen LogP contribution in [0.15, 0.2) is 4.47 Å². The molecule has 0 saturated carbocycles. The fraction of sp³-hybridized carbons (Fsp3) is 0.727. The summed E-state index contributed by atoms with van der Waals surface area (Å²) in [5.74, 6) is 0. The van der Waals surface area contributed by atoms with Gasteiger partial charge in [0.15, 0.2) is 0 Å². The summed E-state index contributed by atoms with van der Waals surface area (Å²) < 4.78 is 2.78. The van der Waals surface area contributed by atoms with Crippen molar-refractivity contribution in [2.24, 2.45) is 0 Å². The molecule has 16 heavy (non-hydrogen) atoms. The Morgan fingerprint density at radius 3 is 2.44 bits per heavy atom. The van der Waals surface area contributed by atoms with Crippen molar-refractivity contribution in [3.05, 3.63) is 15.9 Å². The zero-order valence-electron chi connectivity index (χ0n) is 9.94. The van der Waals surface area contributed by atoms with Gasteiger partial charge < -0.3 is 10.2 Å². The fourth-order valence-electron chi connectivity index (χ4n) is 1.67. The van der Waals surface area contributed by atoms with Crippen LogP contribution in [0.2, 0.25) is 0 Å². The van der Waals surface area contributed by atoms with E-state index in [0.717, 1.165) is 22.4 Å². The summed E-state index contributed by atoms with van der Waals surface area (Å²) in [5.41, 5.74) is 1.86. The van der Waals surface area contributed by atoms with Crippen molar-refractivity contribution in [2.75, 3.05) is 0 Å². The molecular formula is C11H19BrN2O2. The second-order valence-electron chi connectivity index (χ2n) is 3.91. The Bertz CT molecular complexity index is 352. The molecule has 0 aliphatic heterocycles. The van der Waals surface area contributed by atoms with Crippen molar-refractivity contribution in [3.8, 4) is 0 Å². The number of nitrogens with zero attached hydrogens (tertiary/aromatic N) is 2. The van der Waals surface area contributed by atoms with Crippen molar-refractivity contribution < 1.29 is 10.2 Å². The van der Waals surface area contributed by atoms with Crippen molar-refractivity contribution in [1.82, 2.24) is 9.78 Å². The summed E-state index contributed by atoms with van der Waals surface area (Å²) in [6, 6.07) is 0. The van der Waals surface area contributed by atoms with Crippen molar-refractivity contribution in [2.45, 2.75) is 52.4 Å². The number of aliphatic hydroxyl groups excluding tert-OH is 2. The standard InChI is InChI=1S/C11H19BrN2O2/c1-4-9(15)10(16)6-8-11(12)7(3)13-14(8)5-2/h9-10,15-16H,4-6H2,1-3H3. The van der Waals surface area contributed by atoms with Crippen molar-refractivity contribution in [3.63, 3.8) is 0 Å². The van der Waals surface area contributed by atoms with Crippen LogP contribution in [0.1, 0.15) is 31.7 Å². The molecule has 0 bridgehead atoms. The molecule has 0 aliphatic carbocycles. The molecular weight excluding hydrogens is 272 g/mol. The van der Waals surface area contributed by atoms with Gasteiger partial charge in [0.05, 0.1) is 28.1 Å². The van der Waals surface area contributed by atoms with Crippen LogP contribution in [0.5, 0.6) is 0 Å². The molecule has 1 rings (SSSR count). The Hall–Kier alpha value is -0.390. The average Bonchev–Trinajstić information content (AvgIpc) is 2.55. The Morgan fingerprint density at radius 2 is 1.94 bits per heavy atom. The van der Waals surface area contributed by atoms with E-state index in [0.29, 0.717) is 12.8 Å². The molecule has 0 amide bonds. The van der Waals surface area contributed by atoms with E-state index in [-0.39, 0.29) is 0 Å². The zero-order valence-corrected chi connectivity index (χ0v) is 11.5. The van der Waals surface area contributed by atoms with Gasteiger partial charge in [0, 0.05) is 13.0 Å². The molecule has 0 spiro atoms. The normalized spacial score (nSPS) is 15.1. The molecule has 5 heteroatoms. The topological polar surface area (TPSA) is 58.3 Å². The molecule has 0 saturated heterocycles. The predicted molar refractivity (Wildman–Crippen MR) is 66.3 cm³/mol. The van der Waals surface area contributed by atoms with Crippen LogP contribution < -0.4 is 0 Å². The van der Waals surface area contributed by atoms with E-state index in [1.54, 1.807) is 0 Å². The van der Waals surface area contributed by atoms with Crippen LogP contribution >= 0.6 is 15.9 Å². The van der Waals surface area contributed by atoms with Gasteiger partial charge in [-0.3, -0.25) is 4.68 Å². The summed E-state index contributed by atoms with van der Waals surface area (Å²) in [5, 5.41) is 23.7. The first-order valence-corrected chi connectivity index (χ1v) is 6.38. The summed E-state index contributed by atoms with van der Waals surface area (Å²) in [6.07, 6.45) is -0.433. The van der Waals surface area contributed by atoms with Gasteiger partial charge in [-0.2, -0.15) is 5.10 Å². The summed E-state index contributed by atoms with van der Waals surface area (Å²) in [6.45, 7) is 6.54. The summed E-state index contributed by atoms with van der Waals surface area (Å²) in [4.78, 5) is 0. The van der Waals surface area contributed by atoms with Crippen LogP contribution in [0.4, 0.5) is 0 Å². The molecule has 92 valence electrons. The van der Waals surface area contributed by atoms with Crippen molar-refractivity contribution >= 4 is 15.9 Å². The van der Waals surface area contributed by atoms with Gasteiger partial charge in [-0.25, -0.2) is 0 Å². The number of aromatic nitrogens is 2. The quantitative estimate of drug-likeness (QED) is 0.867. The zero-order chi connectivity index (χ0) is 12.3. The molecule has 2 unspecified atom stereocenters. The third kappa shape index (κ3) is 2.84. The average molecular weight is 291 g/mol. The molecule has 1 aromatic heterocycles. The highest BCUT2D eigenvalue weighted by Crippen LogP contribution is 2.23. The molecule has 2 atom stereocenters. The monoisotopic (exact) mass is 290 g/mol. The number of rotatable bonds is 5. The van der Waals surface area contributed by atoms with Crippen LogP contribution in [-0.4, -0.2) is 32.2 Å². The minimum absolute atomic E-state index is 0.421. The first-order valence-electron chi connectivity index (χ1n) is 5.59. The number of hydrogen-bond acceptors (Lipinski definition) is 3. The van der Waals surface area contributed by atoms with E-state index in [4.69, 9.17) is 0 Å². The highest BCUT2D eigenvalue weighted by molar-refractivity contribution is 9.10. The van der Waals surface area contributed by atoms with Gasteiger partial charge in [-0.1, -0.05) is 6.92 Å². The van der Waals surface area contributed by atoms with Gasteiger partial charge in [0.25, 0.3) is 0 Å².